The molecular weight excluding hydrogens is 463 g/mol. The molecule has 0 aliphatic heterocycles. The lowest BCUT2D eigenvalue weighted by Crippen LogP contribution is -2.63. The predicted octanol–water partition coefficient (Wildman–Crippen LogP) is 5.03. The van der Waals surface area contributed by atoms with Crippen LogP contribution in [-0.2, 0) is 14.4 Å². The summed E-state index contributed by atoms with van der Waals surface area (Å²) in [6, 6.07) is 7.48. The summed E-state index contributed by atoms with van der Waals surface area (Å²) < 4.78 is 19.3. The number of carbonyl (C=O) groups is 3. The minimum atomic E-state index is -1.11. The Morgan fingerprint density at radius 1 is 1.06 bits per heavy atom. The van der Waals surface area contributed by atoms with E-state index >= 15 is 0 Å². The largest absolute Gasteiger partial charge is 0.360 e. The third-order valence-corrected chi connectivity index (χ3v) is 7.25. The number of nitrogens with zero attached hydrogens (tertiary/aromatic N) is 2. The van der Waals surface area contributed by atoms with Gasteiger partial charge in [0.05, 0.1) is 0 Å². The molecule has 1 aromatic heterocycles. The molecule has 0 atom stereocenters. The van der Waals surface area contributed by atoms with Gasteiger partial charge in [-0.15, -0.1) is 0 Å². The Hall–Kier alpha value is -3.23. The number of nitrogens with one attached hydrogen (secondary N) is 2. The summed E-state index contributed by atoms with van der Waals surface area (Å²) in [6.07, 6.45) is 8.51. The fourth-order valence-corrected chi connectivity index (χ4v) is 5.46. The normalized spacial score (nSPS) is 17.8. The second-order valence-electron chi connectivity index (χ2n) is 9.98. The zero-order valence-electron chi connectivity index (χ0n) is 20.9. The van der Waals surface area contributed by atoms with Gasteiger partial charge in [0.2, 0.25) is 17.7 Å². The van der Waals surface area contributed by atoms with Crippen molar-refractivity contribution in [2.75, 3.05) is 10.2 Å². The van der Waals surface area contributed by atoms with Crippen LogP contribution in [0.5, 0.6) is 0 Å². The molecule has 4 rings (SSSR count). The monoisotopic (exact) mass is 498 g/mol. The molecule has 0 saturated heterocycles. The van der Waals surface area contributed by atoms with E-state index < -0.39 is 11.4 Å². The van der Waals surface area contributed by atoms with Crippen molar-refractivity contribution >= 4 is 29.2 Å². The second-order valence-corrected chi connectivity index (χ2v) is 9.98. The van der Waals surface area contributed by atoms with Gasteiger partial charge in [-0.2, -0.15) is 0 Å². The Morgan fingerprint density at radius 3 is 2.44 bits per heavy atom. The Bertz CT molecular complexity index is 1070. The number of carbonyl (C=O) groups excluding carboxylic acids is 3. The minimum Gasteiger partial charge on any atom is -0.360 e. The summed E-state index contributed by atoms with van der Waals surface area (Å²) in [4.78, 5) is 41.6. The summed E-state index contributed by atoms with van der Waals surface area (Å²) in [5, 5.41) is 9.58. The van der Waals surface area contributed by atoms with Gasteiger partial charge >= 0.3 is 0 Å². The van der Waals surface area contributed by atoms with Gasteiger partial charge in [-0.3, -0.25) is 19.3 Å². The van der Waals surface area contributed by atoms with Gasteiger partial charge < -0.3 is 15.2 Å². The minimum absolute atomic E-state index is 0.0891. The van der Waals surface area contributed by atoms with Gasteiger partial charge in [-0.1, -0.05) is 49.7 Å². The van der Waals surface area contributed by atoms with Crippen LogP contribution < -0.4 is 15.5 Å². The van der Waals surface area contributed by atoms with Crippen LogP contribution in [0.2, 0.25) is 0 Å². The standard InChI is InChI=1S/C27H35FN4O4/c1-19-17-23(31-36-19)30-24(33)13-14-25(34)32(22-12-8-9-20(28)18-22)27(15-6-3-7-16-27)26(35)29-21-10-4-2-5-11-21/h8-9,12,17-18,21H,2-7,10-11,13-16H2,1H3,(H,29,35)(H,30,31,33). The van der Waals surface area contributed by atoms with E-state index in [0.717, 1.165) is 44.9 Å². The summed E-state index contributed by atoms with van der Waals surface area (Å²) in [5.41, 5.74) is -0.770. The molecule has 0 unspecified atom stereocenters. The van der Waals surface area contributed by atoms with Crippen molar-refractivity contribution in [1.29, 1.82) is 0 Å². The van der Waals surface area contributed by atoms with Gasteiger partial charge in [0, 0.05) is 30.6 Å². The molecule has 2 aliphatic rings. The van der Waals surface area contributed by atoms with Gasteiger partial charge in [0.1, 0.15) is 17.1 Å². The van der Waals surface area contributed by atoms with Crippen molar-refractivity contribution in [2.24, 2.45) is 0 Å². The van der Waals surface area contributed by atoms with Crippen molar-refractivity contribution in [3.05, 3.63) is 41.9 Å². The average Bonchev–Trinajstić information content (AvgIpc) is 3.28. The summed E-state index contributed by atoms with van der Waals surface area (Å²) >= 11 is 0. The first kappa shape index (κ1) is 25.9. The third kappa shape index (κ3) is 6.12. The molecule has 2 aromatic rings. The molecule has 0 spiro atoms. The van der Waals surface area contributed by atoms with Crippen LogP contribution in [-0.4, -0.2) is 34.5 Å². The number of rotatable bonds is 8. The number of benzene rings is 1. The summed E-state index contributed by atoms with van der Waals surface area (Å²) in [7, 11) is 0. The van der Waals surface area contributed by atoms with Crippen LogP contribution in [0.3, 0.4) is 0 Å². The summed E-state index contributed by atoms with van der Waals surface area (Å²) in [6.45, 7) is 1.71. The van der Waals surface area contributed by atoms with Gasteiger partial charge in [0.15, 0.2) is 5.82 Å². The molecule has 1 heterocycles. The SMILES string of the molecule is Cc1cc(NC(=O)CCC(=O)N(c2cccc(F)c2)C2(C(=O)NC3CCCCC3)CCCCC2)no1. The molecule has 36 heavy (non-hydrogen) atoms. The highest BCUT2D eigenvalue weighted by molar-refractivity contribution is 6.05. The Labute approximate surface area is 211 Å². The summed E-state index contributed by atoms with van der Waals surface area (Å²) in [5.74, 6) is -0.588. The number of aryl methyl sites for hydroxylation is 1. The Morgan fingerprint density at radius 2 is 1.78 bits per heavy atom. The lowest BCUT2D eigenvalue weighted by atomic mass is 9.78. The average molecular weight is 499 g/mol. The Balaban J connectivity index is 1.57. The maximum absolute atomic E-state index is 14.3. The van der Waals surface area contributed by atoms with Gasteiger partial charge in [-0.25, -0.2) is 4.39 Å². The fourth-order valence-electron chi connectivity index (χ4n) is 5.46. The lowest BCUT2D eigenvalue weighted by Gasteiger charge is -2.46. The van der Waals surface area contributed by atoms with E-state index in [1.54, 1.807) is 25.1 Å². The van der Waals surface area contributed by atoms with Crippen LogP contribution >= 0.6 is 0 Å². The second kappa shape index (κ2) is 11.7. The molecule has 0 radical (unpaired) electrons. The molecule has 2 N–H and O–H groups in total. The number of aromatic nitrogens is 1. The van der Waals surface area contributed by atoms with E-state index in [-0.39, 0.29) is 42.4 Å². The van der Waals surface area contributed by atoms with Crippen molar-refractivity contribution in [3.63, 3.8) is 0 Å². The van der Waals surface area contributed by atoms with Crippen LogP contribution in [0.25, 0.3) is 0 Å². The third-order valence-electron chi connectivity index (χ3n) is 7.25. The molecule has 9 heteroatoms. The first-order chi connectivity index (χ1) is 17.4. The quantitative estimate of drug-likeness (QED) is 0.531. The molecular formula is C27H35FN4O4. The van der Waals surface area contributed by atoms with E-state index in [0.29, 0.717) is 24.3 Å². The molecule has 194 valence electrons. The van der Waals surface area contributed by atoms with Crippen molar-refractivity contribution in [2.45, 2.75) is 95.6 Å². The zero-order chi connectivity index (χ0) is 25.5. The van der Waals surface area contributed by atoms with Crippen LogP contribution in [0.1, 0.15) is 82.8 Å². The predicted molar refractivity (Wildman–Crippen MR) is 134 cm³/mol. The van der Waals surface area contributed by atoms with Gasteiger partial charge in [0.25, 0.3) is 0 Å². The molecule has 2 fully saturated rings. The number of hydrogen-bond donors (Lipinski definition) is 2. The number of halogens is 1. The highest BCUT2D eigenvalue weighted by atomic mass is 19.1. The first-order valence-electron chi connectivity index (χ1n) is 13.0. The van der Waals surface area contributed by atoms with E-state index in [1.807, 2.05) is 0 Å². The highest BCUT2D eigenvalue weighted by Crippen LogP contribution is 2.38. The fraction of sp³-hybridized carbons (Fsp3) is 0.556. The van der Waals surface area contributed by atoms with E-state index in [1.165, 1.54) is 23.5 Å². The van der Waals surface area contributed by atoms with Crippen molar-refractivity contribution in [1.82, 2.24) is 10.5 Å². The smallest absolute Gasteiger partial charge is 0.246 e. The molecule has 8 nitrogen and oxygen atoms in total. The molecule has 2 saturated carbocycles. The molecule has 3 amide bonds. The molecule has 1 aromatic carbocycles. The number of anilines is 2. The number of amides is 3. The van der Waals surface area contributed by atoms with Crippen LogP contribution in [0.4, 0.5) is 15.9 Å². The highest BCUT2D eigenvalue weighted by Gasteiger charge is 2.48. The van der Waals surface area contributed by atoms with E-state index in [4.69, 9.17) is 4.52 Å². The van der Waals surface area contributed by atoms with Crippen LogP contribution in [0.15, 0.2) is 34.9 Å². The maximum atomic E-state index is 14.3. The van der Waals surface area contributed by atoms with Gasteiger partial charge in [-0.05, 0) is 50.8 Å². The van der Waals surface area contributed by atoms with Crippen molar-refractivity contribution in [3.8, 4) is 0 Å². The first-order valence-corrected chi connectivity index (χ1v) is 13.0. The van der Waals surface area contributed by atoms with Crippen LogP contribution in [0, 0.1) is 12.7 Å². The lowest BCUT2D eigenvalue weighted by molar-refractivity contribution is -0.133. The van der Waals surface area contributed by atoms with E-state index in [2.05, 4.69) is 15.8 Å². The topological polar surface area (TPSA) is 105 Å². The van der Waals surface area contributed by atoms with E-state index in [9.17, 15) is 18.8 Å². The maximum Gasteiger partial charge on any atom is 0.246 e. The molecule has 2 aliphatic carbocycles. The molecule has 0 bridgehead atoms. The Kier molecular flexibility index (Phi) is 8.38. The zero-order valence-corrected chi connectivity index (χ0v) is 20.9. The number of hydrogen-bond acceptors (Lipinski definition) is 5. The van der Waals surface area contributed by atoms with Crippen molar-refractivity contribution < 1.29 is 23.3 Å².